The predicted molar refractivity (Wildman–Crippen MR) is 100.0 cm³/mol. The fourth-order valence-corrected chi connectivity index (χ4v) is 2.54. The minimum atomic E-state index is -0.573. The molecule has 0 radical (unpaired) electrons. The smallest absolute Gasteiger partial charge is 0.267 e. The standard InChI is InChI=1S/C18H13Cl2N3O2/c19-15-8-6-14(7-9-15)11-22-17(24)16(20)12-23(18(22)25)21-10-13-4-2-1-3-5-13/h1-10,12H,11H2/b21-10+. The van der Waals surface area contributed by atoms with Gasteiger partial charge in [-0.1, -0.05) is 65.7 Å². The quantitative estimate of drug-likeness (QED) is 0.659. The molecule has 7 heteroatoms. The van der Waals surface area contributed by atoms with E-state index in [9.17, 15) is 9.59 Å². The van der Waals surface area contributed by atoms with Crippen LogP contribution in [0.5, 0.6) is 0 Å². The summed E-state index contributed by atoms with van der Waals surface area (Å²) in [5.41, 5.74) is 0.440. The SMILES string of the molecule is O=c1c(Cl)cn(/N=C/c2ccccc2)c(=O)n1Cc1ccc(Cl)cc1. The van der Waals surface area contributed by atoms with Crippen LogP contribution in [0.25, 0.3) is 0 Å². The van der Waals surface area contributed by atoms with E-state index >= 15 is 0 Å². The Labute approximate surface area is 153 Å². The van der Waals surface area contributed by atoms with Gasteiger partial charge in [0.05, 0.1) is 19.0 Å². The molecule has 0 spiro atoms. The zero-order valence-corrected chi connectivity index (χ0v) is 14.5. The highest BCUT2D eigenvalue weighted by Gasteiger charge is 2.10. The van der Waals surface area contributed by atoms with Crippen molar-refractivity contribution in [1.82, 2.24) is 9.24 Å². The van der Waals surface area contributed by atoms with Gasteiger partial charge in [-0.2, -0.15) is 9.78 Å². The van der Waals surface area contributed by atoms with Crippen LogP contribution in [0.15, 0.2) is 75.5 Å². The summed E-state index contributed by atoms with van der Waals surface area (Å²) >= 11 is 11.8. The van der Waals surface area contributed by atoms with Gasteiger partial charge in [-0.15, -0.1) is 0 Å². The first-order valence-electron chi connectivity index (χ1n) is 7.40. The average molecular weight is 374 g/mol. The zero-order chi connectivity index (χ0) is 17.8. The third kappa shape index (κ3) is 4.07. The zero-order valence-electron chi connectivity index (χ0n) is 13.0. The first-order chi connectivity index (χ1) is 12.0. The Hall–Kier alpha value is -2.63. The molecule has 0 aliphatic carbocycles. The van der Waals surface area contributed by atoms with E-state index < -0.39 is 11.2 Å². The Morgan fingerprint density at radius 2 is 1.64 bits per heavy atom. The fourth-order valence-electron chi connectivity index (χ4n) is 2.22. The summed E-state index contributed by atoms with van der Waals surface area (Å²) in [4.78, 5) is 24.8. The van der Waals surface area contributed by atoms with Crippen LogP contribution >= 0.6 is 23.2 Å². The summed E-state index contributed by atoms with van der Waals surface area (Å²) in [5, 5.41) is 4.60. The van der Waals surface area contributed by atoms with Gasteiger partial charge < -0.3 is 0 Å². The van der Waals surface area contributed by atoms with Crippen molar-refractivity contribution in [2.75, 3.05) is 0 Å². The van der Waals surface area contributed by atoms with E-state index in [0.717, 1.165) is 20.4 Å². The second-order valence-electron chi connectivity index (χ2n) is 5.28. The van der Waals surface area contributed by atoms with Crippen LogP contribution in [0, 0.1) is 0 Å². The van der Waals surface area contributed by atoms with E-state index in [1.807, 2.05) is 30.3 Å². The number of halogens is 2. The van der Waals surface area contributed by atoms with E-state index in [2.05, 4.69) is 5.10 Å². The maximum Gasteiger partial charge on any atom is 0.352 e. The maximum atomic E-state index is 12.6. The maximum absolute atomic E-state index is 12.6. The van der Waals surface area contributed by atoms with E-state index in [1.54, 1.807) is 24.3 Å². The van der Waals surface area contributed by atoms with Gasteiger partial charge in [0.25, 0.3) is 5.56 Å². The van der Waals surface area contributed by atoms with Gasteiger partial charge in [0.15, 0.2) is 0 Å². The van der Waals surface area contributed by atoms with Gasteiger partial charge in [-0.05, 0) is 23.3 Å². The topological polar surface area (TPSA) is 56.4 Å². The monoisotopic (exact) mass is 373 g/mol. The van der Waals surface area contributed by atoms with E-state index in [4.69, 9.17) is 23.2 Å². The van der Waals surface area contributed by atoms with Crippen molar-refractivity contribution in [1.29, 1.82) is 0 Å². The molecule has 0 amide bonds. The Balaban J connectivity index is 2.00. The third-order valence-electron chi connectivity index (χ3n) is 3.50. The number of rotatable bonds is 4. The van der Waals surface area contributed by atoms with Crippen molar-refractivity contribution in [3.8, 4) is 0 Å². The highest BCUT2D eigenvalue weighted by molar-refractivity contribution is 6.30. The van der Waals surface area contributed by atoms with Gasteiger partial charge in [0.2, 0.25) is 0 Å². The second kappa shape index (κ2) is 7.51. The van der Waals surface area contributed by atoms with Crippen molar-refractivity contribution in [2.45, 2.75) is 6.54 Å². The van der Waals surface area contributed by atoms with E-state index in [1.165, 1.54) is 12.4 Å². The number of aromatic nitrogens is 2. The van der Waals surface area contributed by atoms with Gasteiger partial charge in [-0.25, -0.2) is 4.79 Å². The number of hydrogen-bond acceptors (Lipinski definition) is 3. The largest absolute Gasteiger partial charge is 0.352 e. The molecule has 1 heterocycles. The molecule has 0 saturated heterocycles. The van der Waals surface area contributed by atoms with E-state index in [0.29, 0.717) is 5.02 Å². The van der Waals surface area contributed by atoms with Crippen molar-refractivity contribution in [2.24, 2.45) is 5.10 Å². The summed E-state index contributed by atoms with van der Waals surface area (Å²) < 4.78 is 2.08. The van der Waals surface area contributed by atoms with Crippen molar-refractivity contribution >= 4 is 29.4 Å². The first kappa shape index (κ1) is 17.2. The van der Waals surface area contributed by atoms with Crippen LogP contribution in [0.4, 0.5) is 0 Å². The summed E-state index contributed by atoms with van der Waals surface area (Å²) in [6.45, 7) is 0.0796. The molecule has 2 aromatic carbocycles. The normalized spacial score (nSPS) is 11.1. The Kier molecular flexibility index (Phi) is 5.16. The molecule has 0 aliphatic rings. The molecule has 0 aliphatic heterocycles. The van der Waals surface area contributed by atoms with Crippen LogP contribution in [-0.2, 0) is 6.54 Å². The van der Waals surface area contributed by atoms with Crippen LogP contribution in [0.3, 0.4) is 0 Å². The molecule has 25 heavy (non-hydrogen) atoms. The first-order valence-corrected chi connectivity index (χ1v) is 8.16. The van der Waals surface area contributed by atoms with E-state index in [-0.39, 0.29) is 11.6 Å². The molecule has 0 fully saturated rings. The summed E-state index contributed by atoms with van der Waals surface area (Å²) in [5.74, 6) is 0. The highest BCUT2D eigenvalue weighted by Crippen LogP contribution is 2.10. The number of hydrogen-bond donors (Lipinski definition) is 0. The predicted octanol–water partition coefficient (Wildman–Crippen LogP) is 3.25. The van der Waals surface area contributed by atoms with Gasteiger partial charge in [0, 0.05) is 5.02 Å². The van der Waals surface area contributed by atoms with Crippen LogP contribution in [0.1, 0.15) is 11.1 Å². The highest BCUT2D eigenvalue weighted by atomic mass is 35.5. The molecule has 0 N–H and O–H groups in total. The Bertz CT molecular complexity index is 1020. The van der Waals surface area contributed by atoms with Crippen molar-refractivity contribution in [3.63, 3.8) is 0 Å². The summed E-state index contributed by atoms with van der Waals surface area (Å²) in [7, 11) is 0. The lowest BCUT2D eigenvalue weighted by Gasteiger charge is -2.08. The number of nitrogens with zero attached hydrogens (tertiary/aromatic N) is 3. The van der Waals surface area contributed by atoms with Gasteiger partial charge in [0.1, 0.15) is 5.02 Å². The molecule has 1 aromatic heterocycles. The molecule has 5 nitrogen and oxygen atoms in total. The summed E-state index contributed by atoms with van der Waals surface area (Å²) in [6.07, 6.45) is 2.73. The van der Waals surface area contributed by atoms with Crippen molar-refractivity contribution < 1.29 is 0 Å². The lowest BCUT2D eigenvalue weighted by atomic mass is 10.2. The second-order valence-corrected chi connectivity index (χ2v) is 6.12. The van der Waals surface area contributed by atoms with Crippen LogP contribution in [0.2, 0.25) is 10.0 Å². The molecule has 0 unspecified atom stereocenters. The van der Waals surface area contributed by atoms with Crippen molar-refractivity contribution in [3.05, 3.63) is 103 Å². The van der Waals surface area contributed by atoms with Gasteiger partial charge >= 0.3 is 5.69 Å². The fraction of sp³-hybridized carbons (Fsp3) is 0.0556. The molecule has 0 saturated carbocycles. The molecule has 3 rings (SSSR count). The molecule has 3 aromatic rings. The average Bonchev–Trinajstić information content (AvgIpc) is 2.63. The lowest BCUT2D eigenvalue weighted by molar-refractivity contribution is 0.633. The van der Waals surface area contributed by atoms with Crippen LogP contribution < -0.4 is 11.2 Å². The summed E-state index contributed by atoms with van der Waals surface area (Å²) in [6, 6.07) is 16.2. The Morgan fingerprint density at radius 1 is 0.960 bits per heavy atom. The van der Waals surface area contributed by atoms with Gasteiger partial charge in [-0.3, -0.25) is 9.36 Å². The van der Waals surface area contributed by atoms with Crippen LogP contribution in [-0.4, -0.2) is 15.5 Å². The minimum absolute atomic E-state index is 0.0796. The minimum Gasteiger partial charge on any atom is -0.267 e. The molecule has 0 atom stereocenters. The molecule has 126 valence electrons. The molecular weight excluding hydrogens is 361 g/mol. The lowest BCUT2D eigenvalue weighted by Crippen LogP contribution is -2.39. The third-order valence-corrected chi connectivity index (χ3v) is 4.01. The molecular formula is C18H13Cl2N3O2. The Morgan fingerprint density at radius 3 is 2.32 bits per heavy atom. The number of benzene rings is 2. The molecule has 0 bridgehead atoms.